The Morgan fingerprint density at radius 1 is 1.35 bits per heavy atom. The molecule has 23 heavy (non-hydrogen) atoms. The standard InChI is InChI=1S/C15H18ClNO6/c1-21-6-7-22-11-3-2-9(8-10(11)16)17-14(18)12-4-5-13(23-12)15(19)20/h2-3,8,12-13H,4-7H2,1H3,(H,17,18)(H,19,20)/t12-,13+/m0/s1. The number of aliphatic carboxylic acids is 1. The first kappa shape index (κ1) is 17.5. The summed E-state index contributed by atoms with van der Waals surface area (Å²) in [5.74, 6) is -0.955. The van der Waals surface area contributed by atoms with E-state index in [1.165, 1.54) is 0 Å². The van der Waals surface area contributed by atoms with Gasteiger partial charge in [-0.05, 0) is 31.0 Å². The van der Waals surface area contributed by atoms with Crippen LogP contribution in [0, 0.1) is 0 Å². The molecule has 1 saturated heterocycles. The van der Waals surface area contributed by atoms with Gasteiger partial charge >= 0.3 is 5.97 Å². The van der Waals surface area contributed by atoms with Gasteiger partial charge in [-0.3, -0.25) is 4.79 Å². The van der Waals surface area contributed by atoms with Crippen molar-refractivity contribution in [1.29, 1.82) is 0 Å². The van der Waals surface area contributed by atoms with Crippen LogP contribution >= 0.6 is 11.6 Å². The zero-order valence-electron chi connectivity index (χ0n) is 12.6. The van der Waals surface area contributed by atoms with Gasteiger partial charge in [-0.15, -0.1) is 0 Å². The van der Waals surface area contributed by atoms with Crippen molar-refractivity contribution >= 4 is 29.2 Å². The van der Waals surface area contributed by atoms with Crippen LogP contribution in [-0.2, 0) is 19.1 Å². The van der Waals surface area contributed by atoms with E-state index in [4.69, 9.17) is 30.9 Å². The highest BCUT2D eigenvalue weighted by molar-refractivity contribution is 6.32. The summed E-state index contributed by atoms with van der Waals surface area (Å²) in [5.41, 5.74) is 0.487. The normalized spacial score (nSPS) is 20.3. The largest absolute Gasteiger partial charge is 0.490 e. The molecule has 8 heteroatoms. The molecule has 1 aromatic rings. The predicted octanol–water partition coefficient (Wildman–Crippen LogP) is 1.94. The number of benzene rings is 1. The number of anilines is 1. The molecule has 1 amide bonds. The van der Waals surface area contributed by atoms with Gasteiger partial charge < -0.3 is 24.6 Å². The van der Waals surface area contributed by atoms with Gasteiger partial charge in [-0.1, -0.05) is 11.6 Å². The molecule has 0 bridgehead atoms. The Morgan fingerprint density at radius 3 is 2.70 bits per heavy atom. The van der Waals surface area contributed by atoms with Gasteiger partial charge in [0, 0.05) is 12.8 Å². The van der Waals surface area contributed by atoms with Crippen molar-refractivity contribution in [2.24, 2.45) is 0 Å². The van der Waals surface area contributed by atoms with Gasteiger partial charge in [0.1, 0.15) is 18.5 Å². The first-order valence-electron chi connectivity index (χ1n) is 7.11. The maximum absolute atomic E-state index is 12.1. The Bertz CT molecular complexity index is 579. The van der Waals surface area contributed by atoms with E-state index in [0.717, 1.165) is 0 Å². The third kappa shape index (κ3) is 4.82. The highest BCUT2D eigenvalue weighted by atomic mass is 35.5. The molecule has 2 rings (SSSR count). The van der Waals surface area contributed by atoms with Crippen LogP contribution in [0.2, 0.25) is 5.02 Å². The average molecular weight is 344 g/mol. The zero-order valence-corrected chi connectivity index (χ0v) is 13.3. The summed E-state index contributed by atoms with van der Waals surface area (Å²) in [6.45, 7) is 0.812. The third-order valence-electron chi connectivity index (χ3n) is 3.33. The van der Waals surface area contributed by atoms with E-state index < -0.39 is 24.1 Å². The topological polar surface area (TPSA) is 94.1 Å². The number of nitrogens with one attached hydrogen (secondary N) is 1. The minimum absolute atomic E-state index is 0.320. The van der Waals surface area contributed by atoms with Crippen LogP contribution < -0.4 is 10.1 Å². The molecule has 1 aliphatic rings. The van der Waals surface area contributed by atoms with Gasteiger partial charge in [0.25, 0.3) is 5.91 Å². The maximum atomic E-state index is 12.1. The van der Waals surface area contributed by atoms with Crippen molar-refractivity contribution in [2.45, 2.75) is 25.0 Å². The third-order valence-corrected chi connectivity index (χ3v) is 3.63. The fourth-order valence-electron chi connectivity index (χ4n) is 2.17. The number of halogens is 1. The Kier molecular flexibility index (Phi) is 6.20. The van der Waals surface area contributed by atoms with Crippen LogP contribution in [0.25, 0.3) is 0 Å². The van der Waals surface area contributed by atoms with E-state index in [9.17, 15) is 9.59 Å². The van der Waals surface area contributed by atoms with E-state index in [-0.39, 0.29) is 0 Å². The molecule has 0 aliphatic carbocycles. The van der Waals surface area contributed by atoms with E-state index in [0.29, 0.717) is 42.5 Å². The number of hydrogen-bond donors (Lipinski definition) is 2. The Balaban J connectivity index is 1.91. The minimum atomic E-state index is -1.05. The lowest BCUT2D eigenvalue weighted by molar-refractivity contribution is -0.150. The van der Waals surface area contributed by atoms with E-state index in [1.807, 2.05) is 0 Å². The number of amides is 1. The van der Waals surface area contributed by atoms with Gasteiger partial charge in [-0.25, -0.2) is 4.79 Å². The quantitative estimate of drug-likeness (QED) is 0.735. The molecule has 0 aromatic heterocycles. The molecule has 1 heterocycles. The van der Waals surface area contributed by atoms with E-state index in [1.54, 1.807) is 25.3 Å². The molecule has 0 spiro atoms. The van der Waals surface area contributed by atoms with Crippen molar-refractivity contribution in [2.75, 3.05) is 25.6 Å². The lowest BCUT2D eigenvalue weighted by Gasteiger charge is -2.13. The first-order chi connectivity index (χ1) is 11.0. The Hall–Kier alpha value is -1.83. The summed E-state index contributed by atoms with van der Waals surface area (Å²) >= 11 is 6.09. The van der Waals surface area contributed by atoms with Crippen molar-refractivity contribution < 1.29 is 28.9 Å². The van der Waals surface area contributed by atoms with Crippen molar-refractivity contribution in [1.82, 2.24) is 0 Å². The molecule has 1 fully saturated rings. The highest BCUT2D eigenvalue weighted by Gasteiger charge is 2.34. The summed E-state index contributed by atoms with van der Waals surface area (Å²) in [7, 11) is 1.57. The van der Waals surface area contributed by atoms with Crippen molar-refractivity contribution in [3.05, 3.63) is 23.2 Å². The van der Waals surface area contributed by atoms with Crippen molar-refractivity contribution in [3.8, 4) is 5.75 Å². The van der Waals surface area contributed by atoms with Crippen LogP contribution in [0.15, 0.2) is 18.2 Å². The van der Waals surface area contributed by atoms with Crippen LogP contribution in [0.5, 0.6) is 5.75 Å². The molecule has 0 saturated carbocycles. The second kappa shape index (κ2) is 8.14. The second-order valence-electron chi connectivity index (χ2n) is 5.00. The van der Waals surface area contributed by atoms with Crippen LogP contribution in [-0.4, -0.2) is 49.5 Å². The number of methoxy groups -OCH3 is 1. The molecule has 0 unspecified atom stereocenters. The lowest BCUT2D eigenvalue weighted by Crippen LogP contribution is -2.29. The number of carbonyl (C=O) groups is 2. The van der Waals surface area contributed by atoms with Gasteiger partial charge in [-0.2, -0.15) is 0 Å². The molecule has 2 atom stereocenters. The van der Waals surface area contributed by atoms with Crippen LogP contribution in [0.1, 0.15) is 12.8 Å². The highest BCUT2D eigenvalue weighted by Crippen LogP contribution is 2.28. The number of carboxylic acids is 1. The fourth-order valence-corrected chi connectivity index (χ4v) is 2.40. The number of rotatable bonds is 7. The minimum Gasteiger partial charge on any atom is -0.490 e. The van der Waals surface area contributed by atoms with Crippen LogP contribution in [0.4, 0.5) is 5.69 Å². The number of carbonyl (C=O) groups excluding carboxylic acids is 1. The molecule has 2 N–H and O–H groups in total. The van der Waals surface area contributed by atoms with E-state index >= 15 is 0 Å². The summed E-state index contributed by atoms with van der Waals surface area (Å²) in [6, 6.07) is 4.85. The molecular formula is C15H18ClNO6. The lowest BCUT2D eigenvalue weighted by atomic mass is 10.2. The maximum Gasteiger partial charge on any atom is 0.332 e. The molecule has 0 radical (unpaired) electrons. The van der Waals surface area contributed by atoms with Crippen LogP contribution in [0.3, 0.4) is 0 Å². The van der Waals surface area contributed by atoms with Gasteiger partial charge in [0.2, 0.25) is 0 Å². The number of hydrogen-bond acceptors (Lipinski definition) is 5. The predicted molar refractivity (Wildman–Crippen MR) is 83.0 cm³/mol. The SMILES string of the molecule is COCCOc1ccc(NC(=O)[C@@H]2CC[C@H](C(=O)O)O2)cc1Cl. The Morgan fingerprint density at radius 2 is 2.09 bits per heavy atom. The molecule has 1 aromatic carbocycles. The van der Waals surface area contributed by atoms with Crippen molar-refractivity contribution in [3.63, 3.8) is 0 Å². The second-order valence-corrected chi connectivity index (χ2v) is 5.41. The average Bonchev–Trinajstić information content (AvgIpc) is 3.00. The zero-order chi connectivity index (χ0) is 16.8. The fraction of sp³-hybridized carbons (Fsp3) is 0.467. The first-order valence-corrected chi connectivity index (χ1v) is 7.49. The van der Waals surface area contributed by atoms with E-state index in [2.05, 4.69) is 5.32 Å². The summed E-state index contributed by atoms with van der Waals surface area (Å²) in [5, 5.41) is 11.9. The molecular weight excluding hydrogens is 326 g/mol. The summed E-state index contributed by atoms with van der Waals surface area (Å²) in [4.78, 5) is 22.9. The summed E-state index contributed by atoms with van der Waals surface area (Å²) in [6.07, 6.45) is -1.01. The molecule has 1 aliphatic heterocycles. The molecule has 126 valence electrons. The van der Waals surface area contributed by atoms with Gasteiger partial charge in [0.05, 0.1) is 11.6 Å². The Labute approximate surface area is 138 Å². The van der Waals surface area contributed by atoms with Gasteiger partial charge in [0.15, 0.2) is 6.10 Å². The summed E-state index contributed by atoms with van der Waals surface area (Å²) < 4.78 is 15.5. The smallest absolute Gasteiger partial charge is 0.332 e. The monoisotopic (exact) mass is 343 g/mol. The number of carboxylic acid groups (broad SMARTS) is 1. The number of ether oxygens (including phenoxy) is 3. The molecule has 7 nitrogen and oxygen atoms in total.